The molecule has 0 heterocycles. The van der Waals surface area contributed by atoms with Crippen LogP contribution in [0.2, 0.25) is 0 Å². The summed E-state index contributed by atoms with van der Waals surface area (Å²) in [6.45, 7) is 2.14. The van der Waals surface area contributed by atoms with E-state index < -0.39 is 26.7 Å². The van der Waals surface area contributed by atoms with Gasteiger partial charge in [-0.25, -0.2) is 13.1 Å². The number of hydrogen-bond acceptors (Lipinski definition) is 6. The quantitative estimate of drug-likeness (QED) is 0.409. The smallest absolute Gasteiger partial charge is 0.293 e. The first kappa shape index (κ1) is 23.7. The number of nitro groups is 1. The first-order chi connectivity index (χ1) is 15.2. The minimum Gasteiger partial charge on any atom is -0.364 e. The Kier molecular flexibility index (Phi) is 7.47. The van der Waals surface area contributed by atoms with Crippen LogP contribution in [0.5, 0.6) is 0 Å². The second-order valence-corrected chi connectivity index (χ2v) is 9.83. The van der Waals surface area contributed by atoms with E-state index in [-0.39, 0.29) is 22.5 Å². The third-order valence-electron chi connectivity index (χ3n) is 5.76. The SMILES string of the molecule is CNC(=O)C(Nc1ccc(S(=O)(=O)NC2CCC(C)CC2)cc1[N+](=O)[O-])c1ccccc1. The maximum Gasteiger partial charge on any atom is 0.293 e. The van der Waals surface area contributed by atoms with Crippen molar-refractivity contribution < 1.29 is 18.1 Å². The first-order valence-electron chi connectivity index (χ1n) is 10.5. The Bertz CT molecular complexity index is 1070. The highest BCUT2D eigenvalue weighted by Gasteiger charge is 2.28. The molecule has 9 nitrogen and oxygen atoms in total. The van der Waals surface area contributed by atoms with Gasteiger partial charge in [-0.15, -0.1) is 0 Å². The molecule has 2 aromatic rings. The van der Waals surface area contributed by atoms with Crippen LogP contribution in [0.4, 0.5) is 11.4 Å². The van der Waals surface area contributed by atoms with Gasteiger partial charge in [0.1, 0.15) is 11.7 Å². The van der Waals surface area contributed by atoms with E-state index in [1.165, 1.54) is 19.2 Å². The summed E-state index contributed by atoms with van der Waals surface area (Å²) in [7, 11) is -2.44. The molecule has 1 atom stereocenters. The number of nitrogens with zero attached hydrogens (tertiary/aromatic N) is 1. The summed E-state index contributed by atoms with van der Waals surface area (Å²) in [5.41, 5.74) is 0.249. The van der Waals surface area contributed by atoms with Gasteiger partial charge in [0.15, 0.2) is 0 Å². The maximum atomic E-state index is 12.8. The van der Waals surface area contributed by atoms with E-state index in [0.29, 0.717) is 11.5 Å². The highest BCUT2D eigenvalue weighted by Crippen LogP contribution is 2.32. The molecule has 1 fully saturated rings. The minimum atomic E-state index is -3.91. The number of carbonyl (C=O) groups excluding carboxylic acids is 1. The van der Waals surface area contributed by atoms with Crippen molar-refractivity contribution in [2.24, 2.45) is 5.92 Å². The van der Waals surface area contributed by atoms with Gasteiger partial charge in [-0.3, -0.25) is 14.9 Å². The maximum absolute atomic E-state index is 12.8. The van der Waals surface area contributed by atoms with Gasteiger partial charge in [0.25, 0.3) is 5.69 Å². The summed E-state index contributed by atoms with van der Waals surface area (Å²) in [6, 6.07) is 11.4. The van der Waals surface area contributed by atoms with E-state index >= 15 is 0 Å². The van der Waals surface area contributed by atoms with Crippen LogP contribution in [0.15, 0.2) is 53.4 Å². The molecule has 0 bridgehead atoms. The van der Waals surface area contributed by atoms with E-state index in [2.05, 4.69) is 22.3 Å². The third-order valence-corrected chi connectivity index (χ3v) is 7.27. The van der Waals surface area contributed by atoms with Crippen LogP contribution in [-0.4, -0.2) is 32.3 Å². The Morgan fingerprint density at radius 2 is 1.75 bits per heavy atom. The predicted octanol–water partition coefficient (Wildman–Crippen LogP) is 3.35. The summed E-state index contributed by atoms with van der Waals surface area (Å²) < 4.78 is 28.4. The van der Waals surface area contributed by atoms with Gasteiger partial charge < -0.3 is 10.6 Å². The molecule has 10 heteroatoms. The standard InChI is InChI=1S/C22H28N4O5S/c1-15-8-10-17(11-9-15)25-32(30,31)18-12-13-19(20(14-18)26(28)29)24-21(22(27)23-2)16-6-4-3-5-7-16/h3-7,12-15,17,21,24-25H,8-11H2,1-2H3,(H,23,27). The van der Waals surface area contributed by atoms with Gasteiger partial charge in [0.2, 0.25) is 15.9 Å². The van der Waals surface area contributed by atoms with Crippen LogP contribution in [0.25, 0.3) is 0 Å². The van der Waals surface area contributed by atoms with Gasteiger partial charge in [0, 0.05) is 19.2 Å². The highest BCUT2D eigenvalue weighted by molar-refractivity contribution is 7.89. The van der Waals surface area contributed by atoms with Gasteiger partial charge in [-0.2, -0.15) is 0 Å². The number of hydrogen-bond donors (Lipinski definition) is 3. The summed E-state index contributed by atoms with van der Waals surface area (Å²) in [4.78, 5) is 23.3. The van der Waals surface area contributed by atoms with Crippen LogP contribution >= 0.6 is 0 Å². The van der Waals surface area contributed by atoms with Crippen LogP contribution in [0.3, 0.4) is 0 Å². The molecule has 3 N–H and O–H groups in total. The summed E-state index contributed by atoms with van der Waals surface area (Å²) in [5.74, 6) is 0.190. The zero-order valence-electron chi connectivity index (χ0n) is 18.1. The van der Waals surface area contributed by atoms with Gasteiger partial charge in [-0.05, 0) is 49.3 Å². The minimum absolute atomic E-state index is 0.0536. The van der Waals surface area contributed by atoms with Crippen LogP contribution in [-0.2, 0) is 14.8 Å². The number of likely N-dealkylation sites (N-methyl/N-ethyl adjacent to an activating group) is 1. The molecule has 2 aromatic carbocycles. The second kappa shape index (κ2) is 10.1. The number of benzene rings is 2. The molecule has 0 aliphatic heterocycles. The van der Waals surface area contributed by atoms with Crippen LogP contribution < -0.4 is 15.4 Å². The largest absolute Gasteiger partial charge is 0.364 e. The monoisotopic (exact) mass is 460 g/mol. The summed E-state index contributed by atoms with van der Waals surface area (Å²) in [6.07, 6.45) is 3.37. The van der Waals surface area contributed by atoms with E-state index in [9.17, 15) is 23.3 Å². The van der Waals surface area contributed by atoms with E-state index in [1.807, 2.05) is 0 Å². The number of amides is 1. The molecule has 1 saturated carbocycles. The van der Waals surface area contributed by atoms with Crippen LogP contribution in [0.1, 0.15) is 44.2 Å². The zero-order valence-corrected chi connectivity index (χ0v) is 18.9. The van der Waals surface area contributed by atoms with Crippen molar-refractivity contribution in [3.63, 3.8) is 0 Å². The number of carbonyl (C=O) groups is 1. The van der Waals surface area contributed by atoms with Crippen molar-refractivity contribution >= 4 is 27.3 Å². The number of nitro benzene ring substituents is 1. The number of anilines is 1. The Balaban J connectivity index is 1.88. The number of sulfonamides is 1. The third kappa shape index (κ3) is 5.63. The second-order valence-electron chi connectivity index (χ2n) is 8.12. The molecule has 0 aromatic heterocycles. The number of nitrogens with one attached hydrogen (secondary N) is 3. The predicted molar refractivity (Wildman–Crippen MR) is 122 cm³/mol. The van der Waals surface area contributed by atoms with Crippen LogP contribution in [0, 0.1) is 16.0 Å². The molecule has 1 aliphatic carbocycles. The zero-order chi connectivity index (χ0) is 23.3. The van der Waals surface area contributed by atoms with Gasteiger partial charge in [0.05, 0.1) is 9.82 Å². The Labute approximate surface area is 187 Å². The lowest BCUT2D eigenvalue weighted by Crippen LogP contribution is -2.37. The van der Waals surface area contributed by atoms with Gasteiger partial charge >= 0.3 is 0 Å². The van der Waals surface area contributed by atoms with Crippen molar-refractivity contribution in [1.29, 1.82) is 0 Å². The van der Waals surface area contributed by atoms with Gasteiger partial charge in [-0.1, -0.05) is 37.3 Å². The number of rotatable bonds is 8. The van der Waals surface area contributed by atoms with Crippen molar-refractivity contribution in [2.75, 3.05) is 12.4 Å². The molecule has 0 radical (unpaired) electrons. The average Bonchev–Trinajstić information content (AvgIpc) is 2.78. The van der Waals surface area contributed by atoms with E-state index in [4.69, 9.17) is 0 Å². The van der Waals surface area contributed by atoms with E-state index in [0.717, 1.165) is 31.7 Å². The molecule has 1 aliphatic rings. The normalized spacial score (nSPS) is 19.7. The summed E-state index contributed by atoms with van der Waals surface area (Å²) in [5, 5.41) is 17.2. The van der Waals surface area contributed by atoms with Crippen molar-refractivity contribution in [2.45, 2.75) is 49.6 Å². The fourth-order valence-corrected chi connectivity index (χ4v) is 5.19. The molecule has 0 saturated heterocycles. The Morgan fingerprint density at radius 3 is 2.34 bits per heavy atom. The molecular weight excluding hydrogens is 432 g/mol. The summed E-state index contributed by atoms with van der Waals surface area (Å²) >= 11 is 0. The Hall–Kier alpha value is -2.98. The molecule has 3 rings (SSSR count). The molecule has 1 unspecified atom stereocenters. The van der Waals surface area contributed by atoms with Crippen molar-refractivity contribution in [3.8, 4) is 0 Å². The fraction of sp³-hybridized carbons (Fsp3) is 0.409. The first-order valence-corrected chi connectivity index (χ1v) is 12.0. The highest BCUT2D eigenvalue weighted by atomic mass is 32.2. The van der Waals surface area contributed by atoms with Crippen molar-refractivity contribution in [1.82, 2.24) is 10.0 Å². The Morgan fingerprint density at radius 1 is 1.09 bits per heavy atom. The fourth-order valence-electron chi connectivity index (χ4n) is 3.86. The lowest BCUT2D eigenvalue weighted by molar-refractivity contribution is -0.384. The van der Waals surface area contributed by atoms with E-state index in [1.54, 1.807) is 30.3 Å². The molecule has 1 amide bonds. The lowest BCUT2D eigenvalue weighted by atomic mass is 9.88. The molecule has 172 valence electrons. The molecule has 0 spiro atoms. The topological polar surface area (TPSA) is 130 Å². The molecular formula is C22H28N4O5S. The average molecular weight is 461 g/mol. The lowest BCUT2D eigenvalue weighted by Gasteiger charge is -2.26. The molecule has 32 heavy (non-hydrogen) atoms. The van der Waals surface area contributed by atoms with Crippen molar-refractivity contribution in [3.05, 3.63) is 64.2 Å².